The molecule has 1 heterocycles. The fraction of sp³-hybridized carbons (Fsp3) is 0.438. The van der Waals surface area contributed by atoms with Crippen molar-refractivity contribution in [3.8, 4) is 0 Å². The van der Waals surface area contributed by atoms with Crippen LogP contribution in [0.5, 0.6) is 0 Å². The minimum absolute atomic E-state index is 0.0110. The number of hydrogen-bond acceptors (Lipinski definition) is 1. The lowest BCUT2D eigenvalue weighted by atomic mass is 9.95. The predicted molar refractivity (Wildman–Crippen MR) is 79.3 cm³/mol. The number of benzene rings is 1. The third-order valence-electron chi connectivity index (χ3n) is 3.95. The highest BCUT2D eigenvalue weighted by molar-refractivity contribution is 6.06. The van der Waals surface area contributed by atoms with Crippen LogP contribution in [0.25, 0.3) is 10.9 Å². The summed E-state index contributed by atoms with van der Waals surface area (Å²) in [6.45, 7) is 6.43. The SMILES string of the molecule is CCC(CC)C(C)NC(=O)c1c[nH]c2ccccc12. The summed E-state index contributed by atoms with van der Waals surface area (Å²) in [5.74, 6) is 0.547. The maximum Gasteiger partial charge on any atom is 0.253 e. The number of amides is 1. The molecule has 1 aromatic carbocycles. The number of aromatic nitrogens is 1. The Bertz CT molecular complexity index is 555. The van der Waals surface area contributed by atoms with Crippen molar-refractivity contribution in [3.05, 3.63) is 36.0 Å². The normalized spacial score (nSPS) is 12.8. The molecular weight excluding hydrogens is 236 g/mol. The van der Waals surface area contributed by atoms with Crippen LogP contribution < -0.4 is 5.32 Å². The molecular formula is C16H22N2O. The van der Waals surface area contributed by atoms with Gasteiger partial charge in [-0.05, 0) is 18.9 Å². The smallest absolute Gasteiger partial charge is 0.253 e. The van der Waals surface area contributed by atoms with E-state index < -0.39 is 0 Å². The Morgan fingerprint density at radius 3 is 2.63 bits per heavy atom. The first kappa shape index (κ1) is 13.7. The second-order valence-corrected chi connectivity index (χ2v) is 5.09. The molecule has 3 nitrogen and oxygen atoms in total. The number of carbonyl (C=O) groups is 1. The highest BCUT2D eigenvalue weighted by Crippen LogP contribution is 2.19. The van der Waals surface area contributed by atoms with Crippen molar-refractivity contribution < 1.29 is 4.79 Å². The Morgan fingerprint density at radius 2 is 1.95 bits per heavy atom. The number of rotatable bonds is 5. The Kier molecular flexibility index (Phi) is 4.25. The summed E-state index contributed by atoms with van der Waals surface area (Å²) in [4.78, 5) is 15.5. The second-order valence-electron chi connectivity index (χ2n) is 5.09. The molecule has 0 aliphatic carbocycles. The Balaban J connectivity index is 2.16. The molecule has 102 valence electrons. The van der Waals surface area contributed by atoms with Gasteiger partial charge in [0.1, 0.15) is 0 Å². The van der Waals surface area contributed by atoms with E-state index in [1.165, 1.54) is 0 Å². The summed E-state index contributed by atoms with van der Waals surface area (Å²) in [7, 11) is 0. The van der Waals surface area contributed by atoms with Gasteiger partial charge in [-0.3, -0.25) is 4.79 Å². The third kappa shape index (κ3) is 2.80. The van der Waals surface area contributed by atoms with Gasteiger partial charge in [-0.15, -0.1) is 0 Å². The van der Waals surface area contributed by atoms with E-state index in [0.717, 1.165) is 29.3 Å². The molecule has 0 radical (unpaired) electrons. The van der Waals surface area contributed by atoms with Crippen molar-refractivity contribution in [3.63, 3.8) is 0 Å². The van der Waals surface area contributed by atoms with Crippen LogP contribution in [0.2, 0.25) is 0 Å². The third-order valence-corrected chi connectivity index (χ3v) is 3.95. The first-order valence-corrected chi connectivity index (χ1v) is 7.04. The van der Waals surface area contributed by atoms with Gasteiger partial charge in [-0.1, -0.05) is 44.9 Å². The van der Waals surface area contributed by atoms with Crippen LogP contribution in [-0.2, 0) is 0 Å². The molecule has 3 heteroatoms. The molecule has 0 spiro atoms. The van der Waals surface area contributed by atoms with Crippen LogP contribution in [0.15, 0.2) is 30.5 Å². The van der Waals surface area contributed by atoms with Gasteiger partial charge in [0.05, 0.1) is 5.56 Å². The molecule has 19 heavy (non-hydrogen) atoms. The molecule has 1 aromatic heterocycles. The highest BCUT2D eigenvalue weighted by Gasteiger charge is 2.18. The van der Waals surface area contributed by atoms with Gasteiger partial charge in [-0.2, -0.15) is 0 Å². The quantitative estimate of drug-likeness (QED) is 0.843. The van der Waals surface area contributed by atoms with E-state index in [2.05, 4.69) is 31.1 Å². The standard InChI is InChI=1S/C16H22N2O/c1-4-12(5-2)11(3)18-16(19)14-10-17-15-9-7-6-8-13(14)15/h6-12,17H,4-5H2,1-3H3,(H,18,19). The molecule has 1 amide bonds. The summed E-state index contributed by atoms with van der Waals surface area (Å²) in [5.41, 5.74) is 1.73. The molecule has 0 saturated carbocycles. The largest absolute Gasteiger partial charge is 0.360 e. The van der Waals surface area contributed by atoms with Crippen molar-refractivity contribution in [1.29, 1.82) is 0 Å². The topological polar surface area (TPSA) is 44.9 Å². The van der Waals surface area contributed by atoms with E-state index in [1.54, 1.807) is 6.20 Å². The van der Waals surface area contributed by atoms with Crippen molar-refractivity contribution in [2.45, 2.75) is 39.7 Å². The van der Waals surface area contributed by atoms with Crippen LogP contribution in [0.4, 0.5) is 0 Å². The molecule has 1 unspecified atom stereocenters. The van der Waals surface area contributed by atoms with Crippen molar-refractivity contribution in [1.82, 2.24) is 10.3 Å². The maximum absolute atomic E-state index is 12.3. The summed E-state index contributed by atoms with van der Waals surface area (Å²) >= 11 is 0. The number of aromatic amines is 1. The molecule has 0 aliphatic rings. The summed E-state index contributed by atoms with van der Waals surface area (Å²) in [5, 5.41) is 4.10. The first-order chi connectivity index (χ1) is 9.17. The minimum Gasteiger partial charge on any atom is -0.360 e. The van der Waals surface area contributed by atoms with Crippen molar-refractivity contribution in [2.75, 3.05) is 0 Å². The van der Waals surface area contributed by atoms with E-state index >= 15 is 0 Å². The maximum atomic E-state index is 12.3. The van der Waals surface area contributed by atoms with Gasteiger partial charge in [0.25, 0.3) is 5.91 Å². The van der Waals surface area contributed by atoms with Gasteiger partial charge in [0.2, 0.25) is 0 Å². The molecule has 0 fully saturated rings. The van der Waals surface area contributed by atoms with Gasteiger partial charge in [-0.25, -0.2) is 0 Å². The van der Waals surface area contributed by atoms with E-state index in [0.29, 0.717) is 5.92 Å². The zero-order valence-corrected chi connectivity index (χ0v) is 11.9. The highest BCUT2D eigenvalue weighted by atomic mass is 16.1. The predicted octanol–water partition coefficient (Wildman–Crippen LogP) is 3.72. The van der Waals surface area contributed by atoms with E-state index in [-0.39, 0.29) is 11.9 Å². The average Bonchev–Trinajstić information content (AvgIpc) is 2.84. The fourth-order valence-corrected chi connectivity index (χ4v) is 2.66. The van der Waals surface area contributed by atoms with Gasteiger partial charge in [0, 0.05) is 23.1 Å². The lowest BCUT2D eigenvalue weighted by molar-refractivity contribution is 0.0927. The first-order valence-electron chi connectivity index (χ1n) is 7.04. The van der Waals surface area contributed by atoms with Crippen LogP contribution in [0.3, 0.4) is 0 Å². The zero-order valence-electron chi connectivity index (χ0n) is 11.9. The lowest BCUT2D eigenvalue weighted by Gasteiger charge is -2.22. The van der Waals surface area contributed by atoms with Gasteiger partial charge in [0.15, 0.2) is 0 Å². The number of H-pyrrole nitrogens is 1. The zero-order chi connectivity index (χ0) is 13.8. The number of para-hydroxylation sites is 1. The lowest BCUT2D eigenvalue weighted by Crippen LogP contribution is -2.37. The summed E-state index contributed by atoms with van der Waals surface area (Å²) in [6.07, 6.45) is 3.97. The molecule has 0 bridgehead atoms. The van der Waals surface area contributed by atoms with Crippen LogP contribution in [-0.4, -0.2) is 16.9 Å². The molecule has 0 aliphatic heterocycles. The Morgan fingerprint density at radius 1 is 1.26 bits per heavy atom. The minimum atomic E-state index is 0.0110. The molecule has 1 atom stereocenters. The van der Waals surface area contributed by atoms with Gasteiger partial charge < -0.3 is 10.3 Å². The monoisotopic (exact) mass is 258 g/mol. The van der Waals surface area contributed by atoms with E-state index in [9.17, 15) is 4.79 Å². The van der Waals surface area contributed by atoms with Crippen molar-refractivity contribution in [2.24, 2.45) is 5.92 Å². The summed E-state index contributed by atoms with van der Waals surface area (Å²) in [6, 6.07) is 8.08. The van der Waals surface area contributed by atoms with Gasteiger partial charge >= 0.3 is 0 Å². The van der Waals surface area contributed by atoms with Crippen molar-refractivity contribution >= 4 is 16.8 Å². The second kappa shape index (κ2) is 5.91. The van der Waals surface area contributed by atoms with Crippen LogP contribution in [0.1, 0.15) is 44.0 Å². The molecule has 2 rings (SSSR count). The fourth-order valence-electron chi connectivity index (χ4n) is 2.66. The van der Waals surface area contributed by atoms with E-state index in [1.807, 2.05) is 24.3 Å². The average molecular weight is 258 g/mol. The summed E-state index contributed by atoms with van der Waals surface area (Å²) < 4.78 is 0. The number of carbonyl (C=O) groups excluding carboxylic acids is 1. The number of hydrogen-bond donors (Lipinski definition) is 2. The number of nitrogens with one attached hydrogen (secondary N) is 2. The van der Waals surface area contributed by atoms with Crippen LogP contribution >= 0.6 is 0 Å². The Labute approximate surface area is 114 Å². The molecule has 0 saturated heterocycles. The number of fused-ring (bicyclic) bond motifs is 1. The van der Waals surface area contributed by atoms with E-state index in [4.69, 9.17) is 0 Å². The Hall–Kier alpha value is -1.77. The molecule has 2 N–H and O–H groups in total. The molecule has 2 aromatic rings. The van der Waals surface area contributed by atoms with Crippen LogP contribution in [0, 0.1) is 5.92 Å².